The highest BCUT2D eigenvalue weighted by molar-refractivity contribution is 6.31. The Morgan fingerprint density at radius 3 is 2.61 bits per heavy atom. The molecule has 23 heavy (non-hydrogen) atoms. The number of nitrogens with one attached hydrogen (secondary N) is 1. The molecule has 2 aromatic carbocycles. The van der Waals surface area contributed by atoms with Crippen LogP contribution in [-0.4, -0.2) is 16.4 Å². The SMILES string of the molecule is CC(=O)n1cc(C(=O)Nc2cccc(C)c2)c2ccc(Cl)cc21. The summed E-state index contributed by atoms with van der Waals surface area (Å²) >= 11 is 6.01. The van der Waals surface area contributed by atoms with Gasteiger partial charge in [0.25, 0.3) is 5.91 Å². The summed E-state index contributed by atoms with van der Waals surface area (Å²) in [5, 5.41) is 4.07. The Balaban J connectivity index is 2.05. The minimum absolute atomic E-state index is 0.174. The molecule has 3 aromatic rings. The number of carbonyl (C=O) groups excluding carboxylic acids is 2. The maximum atomic E-state index is 12.6. The average Bonchev–Trinajstić information content (AvgIpc) is 2.86. The molecular formula is C18H15ClN2O2. The number of benzene rings is 2. The zero-order valence-electron chi connectivity index (χ0n) is 12.8. The Morgan fingerprint density at radius 2 is 1.91 bits per heavy atom. The van der Waals surface area contributed by atoms with E-state index in [9.17, 15) is 9.59 Å². The number of rotatable bonds is 2. The second-order valence-electron chi connectivity index (χ2n) is 5.42. The van der Waals surface area contributed by atoms with Gasteiger partial charge in [0.2, 0.25) is 5.91 Å². The van der Waals surface area contributed by atoms with Crippen LogP contribution in [0.1, 0.15) is 27.6 Å². The van der Waals surface area contributed by atoms with E-state index in [1.165, 1.54) is 11.5 Å². The van der Waals surface area contributed by atoms with Crippen molar-refractivity contribution in [2.24, 2.45) is 0 Å². The van der Waals surface area contributed by atoms with Gasteiger partial charge in [-0.3, -0.25) is 14.2 Å². The Bertz CT molecular complexity index is 928. The first-order chi connectivity index (χ1) is 11.0. The number of anilines is 1. The number of amides is 1. The monoisotopic (exact) mass is 326 g/mol. The van der Waals surface area contributed by atoms with Gasteiger partial charge in [-0.2, -0.15) is 0 Å². The van der Waals surface area contributed by atoms with E-state index in [2.05, 4.69) is 5.32 Å². The van der Waals surface area contributed by atoms with Gasteiger partial charge in [0.15, 0.2) is 0 Å². The van der Waals surface area contributed by atoms with Crippen molar-refractivity contribution in [3.63, 3.8) is 0 Å². The molecule has 0 radical (unpaired) electrons. The van der Waals surface area contributed by atoms with Gasteiger partial charge in [-0.25, -0.2) is 0 Å². The summed E-state index contributed by atoms with van der Waals surface area (Å²) in [4.78, 5) is 24.4. The van der Waals surface area contributed by atoms with E-state index in [4.69, 9.17) is 11.6 Å². The van der Waals surface area contributed by atoms with Crippen LogP contribution < -0.4 is 5.32 Å². The lowest BCUT2D eigenvalue weighted by atomic mass is 10.1. The Morgan fingerprint density at radius 1 is 1.13 bits per heavy atom. The first-order valence-corrected chi connectivity index (χ1v) is 7.53. The lowest BCUT2D eigenvalue weighted by molar-refractivity contribution is 0.0941. The van der Waals surface area contributed by atoms with Crippen molar-refractivity contribution in [2.45, 2.75) is 13.8 Å². The Hall–Kier alpha value is -2.59. The van der Waals surface area contributed by atoms with Crippen LogP contribution in [0, 0.1) is 6.92 Å². The predicted octanol–water partition coefficient (Wildman–Crippen LogP) is 4.52. The van der Waals surface area contributed by atoms with Gasteiger partial charge in [-0.15, -0.1) is 0 Å². The minimum atomic E-state index is -0.261. The molecule has 5 heteroatoms. The molecule has 4 nitrogen and oxygen atoms in total. The molecule has 1 N–H and O–H groups in total. The molecule has 3 rings (SSSR count). The van der Waals surface area contributed by atoms with E-state index in [-0.39, 0.29) is 11.8 Å². The zero-order chi connectivity index (χ0) is 16.6. The Labute approximate surface area is 138 Å². The maximum absolute atomic E-state index is 12.6. The highest BCUT2D eigenvalue weighted by Crippen LogP contribution is 2.26. The molecule has 0 bridgehead atoms. The van der Waals surface area contributed by atoms with Gasteiger partial charge < -0.3 is 5.32 Å². The van der Waals surface area contributed by atoms with Gasteiger partial charge in [-0.1, -0.05) is 29.8 Å². The molecule has 0 aliphatic carbocycles. The highest BCUT2D eigenvalue weighted by atomic mass is 35.5. The maximum Gasteiger partial charge on any atom is 0.257 e. The number of halogens is 1. The van der Waals surface area contributed by atoms with Crippen LogP contribution in [-0.2, 0) is 0 Å². The zero-order valence-corrected chi connectivity index (χ0v) is 13.5. The van der Waals surface area contributed by atoms with Crippen molar-refractivity contribution in [1.82, 2.24) is 4.57 Å². The van der Waals surface area contributed by atoms with Gasteiger partial charge >= 0.3 is 0 Å². The van der Waals surface area contributed by atoms with Crippen molar-refractivity contribution >= 4 is 40.0 Å². The molecule has 1 aromatic heterocycles. The van der Waals surface area contributed by atoms with Crippen molar-refractivity contribution in [2.75, 3.05) is 5.32 Å². The van der Waals surface area contributed by atoms with Crippen LogP contribution in [0.25, 0.3) is 10.9 Å². The number of aryl methyl sites for hydroxylation is 1. The van der Waals surface area contributed by atoms with Gasteiger partial charge in [0.05, 0.1) is 11.1 Å². The molecular weight excluding hydrogens is 312 g/mol. The number of nitrogens with zero attached hydrogens (tertiary/aromatic N) is 1. The molecule has 0 aliphatic heterocycles. The molecule has 1 heterocycles. The quantitative estimate of drug-likeness (QED) is 0.753. The minimum Gasteiger partial charge on any atom is -0.322 e. The van der Waals surface area contributed by atoms with Gasteiger partial charge in [0, 0.05) is 29.2 Å². The van der Waals surface area contributed by atoms with Crippen LogP contribution in [0.4, 0.5) is 5.69 Å². The molecule has 0 aliphatic rings. The highest BCUT2D eigenvalue weighted by Gasteiger charge is 2.17. The summed E-state index contributed by atoms with van der Waals surface area (Å²) in [5.74, 6) is -0.435. The largest absolute Gasteiger partial charge is 0.322 e. The predicted molar refractivity (Wildman–Crippen MR) is 92.4 cm³/mol. The topological polar surface area (TPSA) is 51.1 Å². The van der Waals surface area contributed by atoms with E-state index in [0.29, 0.717) is 27.2 Å². The van der Waals surface area contributed by atoms with Gasteiger partial charge in [-0.05, 0) is 36.8 Å². The molecule has 1 amide bonds. The average molecular weight is 327 g/mol. The number of hydrogen-bond acceptors (Lipinski definition) is 2. The van der Waals surface area contributed by atoms with Crippen molar-refractivity contribution in [3.8, 4) is 0 Å². The molecule has 0 unspecified atom stereocenters. The summed E-state index contributed by atoms with van der Waals surface area (Å²) in [7, 11) is 0. The van der Waals surface area contributed by atoms with Gasteiger partial charge in [0.1, 0.15) is 0 Å². The fourth-order valence-electron chi connectivity index (χ4n) is 2.56. The summed E-state index contributed by atoms with van der Waals surface area (Å²) in [6.45, 7) is 3.40. The van der Waals surface area contributed by atoms with E-state index in [1.54, 1.807) is 24.4 Å². The summed E-state index contributed by atoms with van der Waals surface area (Å²) in [6, 6.07) is 12.7. The van der Waals surface area contributed by atoms with E-state index in [1.807, 2.05) is 31.2 Å². The molecule has 0 atom stereocenters. The lowest BCUT2D eigenvalue weighted by Gasteiger charge is -2.05. The third-order valence-corrected chi connectivity index (χ3v) is 3.86. The standard InChI is InChI=1S/C18H15ClN2O2/c1-11-4-3-5-14(8-11)20-18(23)16-10-21(12(2)22)17-9-13(19)6-7-15(16)17/h3-10H,1-2H3,(H,20,23). The fraction of sp³-hybridized carbons (Fsp3) is 0.111. The summed E-state index contributed by atoms with van der Waals surface area (Å²) < 4.78 is 1.44. The third kappa shape index (κ3) is 2.98. The smallest absolute Gasteiger partial charge is 0.257 e. The van der Waals surface area contributed by atoms with Crippen LogP contribution in [0.3, 0.4) is 0 Å². The molecule has 0 saturated heterocycles. The fourth-order valence-corrected chi connectivity index (χ4v) is 2.73. The number of carbonyl (C=O) groups is 2. The second kappa shape index (κ2) is 5.89. The first kappa shape index (κ1) is 15.3. The van der Waals surface area contributed by atoms with E-state index >= 15 is 0 Å². The van der Waals surface area contributed by atoms with Crippen LogP contribution in [0.15, 0.2) is 48.7 Å². The molecule has 0 spiro atoms. The second-order valence-corrected chi connectivity index (χ2v) is 5.85. The number of aromatic nitrogens is 1. The van der Waals surface area contributed by atoms with Crippen molar-refractivity contribution < 1.29 is 9.59 Å². The van der Waals surface area contributed by atoms with Crippen molar-refractivity contribution in [3.05, 3.63) is 64.8 Å². The van der Waals surface area contributed by atoms with E-state index in [0.717, 1.165) is 5.56 Å². The molecule has 116 valence electrons. The Kier molecular flexibility index (Phi) is 3.92. The summed E-state index contributed by atoms with van der Waals surface area (Å²) in [5.41, 5.74) is 2.83. The third-order valence-electron chi connectivity index (χ3n) is 3.63. The number of hydrogen-bond donors (Lipinski definition) is 1. The van der Waals surface area contributed by atoms with Crippen LogP contribution in [0.2, 0.25) is 5.02 Å². The van der Waals surface area contributed by atoms with Crippen molar-refractivity contribution in [1.29, 1.82) is 0 Å². The summed E-state index contributed by atoms with van der Waals surface area (Å²) in [6.07, 6.45) is 1.55. The first-order valence-electron chi connectivity index (χ1n) is 7.15. The number of fused-ring (bicyclic) bond motifs is 1. The molecule has 0 fully saturated rings. The lowest BCUT2D eigenvalue weighted by Crippen LogP contribution is -2.12. The van der Waals surface area contributed by atoms with Crippen LogP contribution in [0.5, 0.6) is 0 Å². The molecule has 0 saturated carbocycles. The normalized spacial score (nSPS) is 10.7. The van der Waals surface area contributed by atoms with Crippen LogP contribution >= 0.6 is 11.6 Å². The van der Waals surface area contributed by atoms with E-state index < -0.39 is 0 Å².